The van der Waals surface area contributed by atoms with Gasteiger partial charge in [0.1, 0.15) is 0 Å². The number of nitrogens with zero attached hydrogens (tertiary/aromatic N) is 1. The highest BCUT2D eigenvalue weighted by Crippen LogP contribution is 2.14. The predicted octanol–water partition coefficient (Wildman–Crippen LogP) is 2.22. The lowest BCUT2D eigenvalue weighted by Crippen LogP contribution is -2.19. The second-order valence-electron chi connectivity index (χ2n) is 3.97. The van der Waals surface area contributed by atoms with Crippen LogP contribution in [0.15, 0.2) is 41.3 Å². The van der Waals surface area contributed by atoms with Gasteiger partial charge in [0.2, 0.25) is 5.76 Å². The molecule has 1 unspecified atom stereocenters. The normalized spacial score (nSPS) is 12.3. The predicted molar refractivity (Wildman–Crippen MR) is 65.2 cm³/mol. The lowest BCUT2D eigenvalue weighted by atomic mass is 10.1. The van der Waals surface area contributed by atoms with Gasteiger partial charge in [0.05, 0.1) is 6.26 Å². The fourth-order valence-electron chi connectivity index (χ4n) is 1.68. The van der Waals surface area contributed by atoms with Crippen LogP contribution >= 0.6 is 0 Å². The minimum absolute atomic E-state index is 0.0131. The first-order chi connectivity index (χ1) is 8.68. The summed E-state index contributed by atoms with van der Waals surface area (Å²) >= 11 is 0. The van der Waals surface area contributed by atoms with E-state index in [2.05, 4.69) is 10.3 Å². The zero-order valence-corrected chi connectivity index (χ0v) is 9.96. The summed E-state index contributed by atoms with van der Waals surface area (Å²) in [5.41, 5.74) is 1.69. The van der Waals surface area contributed by atoms with Crippen LogP contribution in [0.5, 0.6) is 0 Å². The number of aromatic carboxylic acids is 1. The van der Waals surface area contributed by atoms with Crippen molar-refractivity contribution in [1.29, 1.82) is 0 Å². The van der Waals surface area contributed by atoms with Crippen molar-refractivity contribution >= 4 is 5.97 Å². The van der Waals surface area contributed by atoms with Crippen LogP contribution in [0.3, 0.4) is 0 Å². The number of carboxylic acid groups (broad SMARTS) is 1. The third kappa shape index (κ3) is 2.75. The zero-order chi connectivity index (χ0) is 13.0. The summed E-state index contributed by atoms with van der Waals surface area (Å²) in [7, 11) is 0. The fourth-order valence-corrected chi connectivity index (χ4v) is 1.68. The molecule has 5 nitrogen and oxygen atoms in total. The van der Waals surface area contributed by atoms with Crippen LogP contribution in [0, 0.1) is 0 Å². The number of pyridine rings is 1. The molecule has 2 aromatic heterocycles. The number of carbonyl (C=O) groups is 1. The second kappa shape index (κ2) is 5.46. The first-order valence-electron chi connectivity index (χ1n) is 5.61. The van der Waals surface area contributed by atoms with Crippen molar-refractivity contribution < 1.29 is 14.3 Å². The van der Waals surface area contributed by atoms with Gasteiger partial charge >= 0.3 is 5.97 Å². The first kappa shape index (κ1) is 12.3. The Balaban J connectivity index is 1.99. The molecule has 0 saturated carbocycles. The van der Waals surface area contributed by atoms with E-state index in [1.165, 1.54) is 6.26 Å². The Hall–Kier alpha value is -2.14. The smallest absolute Gasteiger partial charge is 0.372 e. The van der Waals surface area contributed by atoms with Gasteiger partial charge in [-0.05, 0) is 24.6 Å². The molecule has 0 aliphatic carbocycles. The second-order valence-corrected chi connectivity index (χ2v) is 3.97. The molecule has 2 N–H and O–H groups in total. The highest BCUT2D eigenvalue weighted by atomic mass is 16.4. The Morgan fingerprint density at radius 1 is 1.56 bits per heavy atom. The number of carboxylic acids is 1. The van der Waals surface area contributed by atoms with E-state index in [0.717, 1.165) is 5.56 Å². The minimum atomic E-state index is -1.05. The Morgan fingerprint density at radius 3 is 3.06 bits per heavy atom. The maximum Gasteiger partial charge on any atom is 0.372 e. The fraction of sp³-hybridized carbons (Fsp3) is 0.231. The van der Waals surface area contributed by atoms with Gasteiger partial charge in [0, 0.05) is 30.5 Å². The van der Waals surface area contributed by atoms with Gasteiger partial charge in [-0.15, -0.1) is 0 Å². The zero-order valence-electron chi connectivity index (χ0n) is 9.96. The summed E-state index contributed by atoms with van der Waals surface area (Å²) in [6, 6.07) is 5.59. The van der Waals surface area contributed by atoms with Crippen LogP contribution in [0.1, 0.15) is 34.6 Å². The number of hydrogen-bond acceptors (Lipinski definition) is 4. The summed E-state index contributed by atoms with van der Waals surface area (Å²) in [5, 5.41) is 12.1. The molecule has 0 aliphatic heterocycles. The van der Waals surface area contributed by atoms with Crippen LogP contribution in [-0.4, -0.2) is 16.1 Å². The molecule has 2 heterocycles. The molecule has 1 atom stereocenters. The van der Waals surface area contributed by atoms with Gasteiger partial charge in [-0.2, -0.15) is 0 Å². The maximum atomic E-state index is 10.9. The van der Waals surface area contributed by atoms with E-state index in [1.54, 1.807) is 18.5 Å². The average molecular weight is 246 g/mol. The standard InChI is InChI=1S/C13H14N2O3/c1-9(10-3-2-5-14-7-10)15-8-11-4-6-18-12(11)13(16)17/h2-7,9,15H,8H2,1H3,(H,16,17). The van der Waals surface area contributed by atoms with Crippen molar-refractivity contribution in [3.05, 3.63) is 53.7 Å². The van der Waals surface area contributed by atoms with Crippen LogP contribution in [0.25, 0.3) is 0 Å². The molecule has 2 rings (SSSR count). The summed E-state index contributed by atoms with van der Waals surface area (Å²) in [6.07, 6.45) is 4.88. The molecule has 18 heavy (non-hydrogen) atoms. The number of furan rings is 1. The number of nitrogens with one attached hydrogen (secondary N) is 1. The molecule has 0 aliphatic rings. The van der Waals surface area contributed by atoms with Crippen molar-refractivity contribution in [3.63, 3.8) is 0 Å². The molecule has 94 valence electrons. The molecule has 0 fully saturated rings. The van der Waals surface area contributed by atoms with Crippen molar-refractivity contribution in [1.82, 2.24) is 10.3 Å². The van der Waals surface area contributed by atoms with Crippen LogP contribution in [0.4, 0.5) is 0 Å². The summed E-state index contributed by atoms with van der Waals surface area (Å²) < 4.78 is 4.91. The van der Waals surface area contributed by atoms with Crippen molar-refractivity contribution in [2.75, 3.05) is 0 Å². The molecular formula is C13H14N2O3. The van der Waals surface area contributed by atoms with Gasteiger partial charge in [-0.25, -0.2) is 4.79 Å². The van der Waals surface area contributed by atoms with Gasteiger partial charge < -0.3 is 14.8 Å². The summed E-state index contributed by atoms with van der Waals surface area (Å²) in [4.78, 5) is 14.9. The highest BCUT2D eigenvalue weighted by Gasteiger charge is 2.14. The van der Waals surface area contributed by atoms with Crippen molar-refractivity contribution in [2.24, 2.45) is 0 Å². The van der Waals surface area contributed by atoms with Crippen molar-refractivity contribution in [3.8, 4) is 0 Å². The quantitative estimate of drug-likeness (QED) is 0.846. The Morgan fingerprint density at radius 2 is 2.39 bits per heavy atom. The Bertz CT molecular complexity index is 522. The largest absolute Gasteiger partial charge is 0.475 e. The van der Waals surface area contributed by atoms with E-state index in [1.807, 2.05) is 19.1 Å². The van der Waals surface area contributed by atoms with Crippen LogP contribution < -0.4 is 5.32 Å². The van der Waals surface area contributed by atoms with E-state index in [0.29, 0.717) is 12.1 Å². The highest BCUT2D eigenvalue weighted by molar-refractivity contribution is 5.86. The van der Waals surface area contributed by atoms with E-state index in [-0.39, 0.29) is 11.8 Å². The van der Waals surface area contributed by atoms with Crippen LogP contribution in [-0.2, 0) is 6.54 Å². The molecular weight excluding hydrogens is 232 g/mol. The molecule has 0 amide bonds. The molecule has 0 radical (unpaired) electrons. The maximum absolute atomic E-state index is 10.9. The molecule has 0 saturated heterocycles. The average Bonchev–Trinajstić information content (AvgIpc) is 2.85. The molecule has 0 spiro atoms. The molecule has 2 aromatic rings. The lowest BCUT2D eigenvalue weighted by Gasteiger charge is -2.13. The molecule has 0 aromatic carbocycles. The minimum Gasteiger partial charge on any atom is -0.475 e. The van der Waals surface area contributed by atoms with E-state index >= 15 is 0 Å². The van der Waals surface area contributed by atoms with Gasteiger partial charge in [-0.1, -0.05) is 6.07 Å². The van der Waals surface area contributed by atoms with Gasteiger partial charge in [0.25, 0.3) is 0 Å². The van der Waals surface area contributed by atoms with E-state index in [9.17, 15) is 4.79 Å². The third-order valence-corrected chi connectivity index (χ3v) is 2.72. The summed E-state index contributed by atoms with van der Waals surface area (Å²) in [6.45, 7) is 2.44. The van der Waals surface area contributed by atoms with Crippen molar-refractivity contribution in [2.45, 2.75) is 19.5 Å². The number of aromatic nitrogens is 1. The Labute approximate surface area is 104 Å². The van der Waals surface area contributed by atoms with E-state index in [4.69, 9.17) is 9.52 Å². The lowest BCUT2D eigenvalue weighted by molar-refractivity contribution is 0.0660. The number of hydrogen-bond donors (Lipinski definition) is 2. The molecule has 0 bridgehead atoms. The SMILES string of the molecule is CC(NCc1ccoc1C(=O)O)c1cccnc1. The van der Waals surface area contributed by atoms with E-state index < -0.39 is 5.97 Å². The number of rotatable bonds is 5. The molecule has 5 heteroatoms. The topological polar surface area (TPSA) is 75.4 Å². The first-order valence-corrected chi connectivity index (χ1v) is 5.61. The van der Waals surface area contributed by atoms with Gasteiger partial charge in [-0.3, -0.25) is 4.98 Å². The Kier molecular flexibility index (Phi) is 3.74. The van der Waals surface area contributed by atoms with Gasteiger partial charge in [0.15, 0.2) is 0 Å². The van der Waals surface area contributed by atoms with Crippen LogP contribution in [0.2, 0.25) is 0 Å². The monoisotopic (exact) mass is 246 g/mol. The summed E-state index contributed by atoms with van der Waals surface area (Å²) in [5.74, 6) is -1.06. The third-order valence-electron chi connectivity index (χ3n) is 2.72.